The van der Waals surface area contributed by atoms with Gasteiger partial charge in [0.1, 0.15) is 24.4 Å². The van der Waals surface area contributed by atoms with Crippen LogP contribution in [0.4, 0.5) is 0 Å². The summed E-state index contributed by atoms with van der Waals surface area (Å²) >= 11 is 0. The number of hydrogen-bond donors (Lipinski definition) is 5. The average molecular weight is 549 g/mol. The van der Waals surface area contributed by atoms with Crippen LogP contribution in [0.3, 0.4) is 0 Å². The minimum Gasteiger partial charge on any atom is -0.394 e. The molecule has 39 heavy (non-hydrogen) atoms. The summed E-state index contributed by atoms with van der Waals surface area (Å²) in [6, 6.07) is 0. The van der Waals surface area contributed by atoms with Gasteiger partial charge in [-0.1, -0.05) is 58.6 Å². The first-order valence-electron chi connectivity index (χ1n) is 16.2. The smallest absolute Gasteiger partial charge is 0.111 e. The monoisotopic (exact) mass is 548 g/mol. The van der Waals surface area contributed by atoms with Crippen LogP contribution in [-0.2, 0) is 4.74 Å². The minimum absolute atomic E-state index is 0.133. The maximum Gasteiger partial charge on any atom is 0.111 e. The minimum atomic E-state index is -1.28. The van der Waals surface area contributed by atoms with Crippen LogP contribution in [-0.4, -0.2) is 68.8 Å². The van der Waals surface area contributed by atoms with Gasteiger partial charge in [0.15, 0.2) is 0 Å². The fourth-order valence-electron chi connectivity index (χ4n) is 10.5. The van der Waals surface area contributed by atoms with Crippen molar-refractivity contribution in [1.29, 1.82) is 0 Å². The molecule has 1 saturated heterocycles. The zero-order valence-corrected chi connectivity index (χ0v) is 24.8. The average Bonchev–Trinajstić information content (AvgIpc) is 3.26. The van der Waals surface area contributed by atoms with Gasteiger partial charge in [0.25, 0.3) is 0 Å². The zero-order chi connectivity index (χ0) is 28.1. The largest absolute Gasteiger partial charge is 0.394 e. The number of rotatable bonds is 8. The Hall–Kier alpha value is -0.500. The number of fused-ring (bicyclic) bond motifs is 5. The highest BCUT2D eigenvalue weighted by molar-refractivity contribution is 5.25. The molecular formula is C33H56O6. The van der Waals surface area contributed by atoms with Gasteiger partial charge in [-0.2, -0.15) is 0 Å². The zero-order valence-electron chi connectivity index (χ0n) is 24.8. The summed E-state index contributed by atoms with van der Waals surface area (Å²) in [6.07, 6.45) is 11.1. The molecular weight excluding hydrogens is 492 g/mol. The van der Waals surface area contributed by atoms with Crippen LogP contribution in [0.15, 0.2) is 11.6 Å². The number of aliphatic hydroxyl groups excluding tert-OH is 5. The van der Waals surface area contributed by atoms with E-state index in [0.717, 1.165) is 55.8 Å². The third-order valence-corrected chi connectivity index (χ3v) is 12.8. The van der Waals surface area contributed by atoms with E-state index in [1.165, 1.54) is 38.5 Å². The Morgan fingerprint density at radius 1 is 0.897 bits per heavy atom. The van der Waals surface area contributed by atoms with E-state index in [1.54, 1.807) is 5.57 Å². The predicted molar refractivity (Wildman–Crippen MR) is 152 cm³/mol. The lowest BCUT2D eigenvalue weighted by molar-refractivity contribution is -0.232. The molecule has 6 heteroatoms. The summed E-state index contributed by atoms with van der Waals surface area (Å²) in [7, 11) is 0. The standard InChI is InChI=1S/C33H56O6/c1-19(16-27-29(36)31(38)30(37)28(18-34)39-27)6-5-7-20(2)24-10-11-25-23-9-8-21-17-22(35)12-14-32(21,3)26(23)13-15-33(24,25)4/h8,19-20,22-31,34-38H,5-7,9-18H2,1-4H3/t19?,20-,22+,23+,24-,25+,26+,27+,28-,29+,30-,31-,32+,33-/m1/s1. The van der Waals surface area contributed by atoms with Gasteiger partial charge in [-0.05, 0) is 104 Å². The first kappa shape index (κ1) is 30.0. The SMILES string of the molecule is CC(CCC[C@@H](C)[C@H]1CC[C@H]2[C@@H]3CC=C4C[C@@H](O)CC[C@]4(C)[C@H]3CC[C@]12C)C[C@@H]1O[C@H](CO)[C@@H](O)[C@H](O)[C@H]1O. The molecule has 0 radical (unpaired) electrons. The van der Waals surface area contributed by atoms with Crippen LogP contribution in [0.1, 0.15) is 105 Å². The Morgan fingerprint density at radius 3 is 2.38 bits per heavy atom. The van der Waals surface area contributed by atoms with Crippen molar-refractivity contribution in [2.45, 2.75) is 141 Å². The summed E-state index contributed by atoms with van der Waals surface area (Å²) in [4.78, 5) is 0. The Balaban J connectivity index is 1.14. The number of hydrogen-bond acceptors (Lipinski definition) is 6. The predicted octanol–water partition coefficient (Wildman–Crippen LogP) is 4.60. The number of allylic oxidation sites excluding steroid dienone is 1. The van der Waals surface area contributed by atoms with Crippen molar-refractivity contribution >= 4 is 0 Å². The Bertz CT molecular complexity index is 874. The molecule has 5 N–H and O–H groups in total. The van der Waals surface area contributed by atoms with Gasteiger partial charge in [0, 0.05) is 0 Å². The molecule has 0 aromatic heterocycles. The fourth-order valence-corrected chi connectivity index (χ4v) is 10.5. The highest BCUT2D eigenvalue weighted by atomic mass is 16.5. The molecule has 6 nitrogen and oxygen atoms in total. The number of aliphatic hydroxyl groups is 5. The maximum absolute atomic E-state index is 10.4. The molecule has 0 aromatic carbocycles. The highest BCUT2D eigenvalue weighted by Crippen LogP contribution is 2.67. The van der Waals surface area contributed by atoms with Crippen LogP contribution in [0.25, 0.3) is 0 Å². The molecule has 5 aliphatic rings. The lowest BCUT2D eigenvalue weighted by Crippen LogP contribution is -2.58. The summed E-state index contributed by atoms with van der Waals surface area (Å²) in [5.74, 6) is 4.25. The first-order valence-corrected chi connectivity index (χ1v) is 16.2. The van der Waals surface area contributed by atoms with Gasteiger partial charge in [0.05, 0.1) is 18.8 Å². The third kappa shape index (κ3) is 5.41. The lowest BCUT2D eigenvalue weighted by Gasteiger charge is -2.58. The molecule has 5 rings (SSSR count). The molecule has 1 unspecified atom stereocenters. The van der Waals surface area contributed by atoms with Gasteiger partial charge in [0.2, 0.25) is 0 Å². The summed E-state index contributed by atoms with van der Waals surface area (Å²) in [5.41, 5.74) is 2.31. The van der Waals surface area contributed by atoms with E-state index in [9.17, 15) is 25.5 Å². The van der Waals surface area contributed by atoms with Crippen molar-refractivity contribution in [3.8, 4) is 0 Å². The second kappa shape index (κ2) is 11.6. The normalized spacial score (nSPS) is 49.4. The maximum atomic E-state index is 10.4. The molecule has 0 amide bonds. The van der Waals surface area contributed by atoms with Crippen LogP contribution in [0.2, 0.25) is 0 Å². The summed E-state index contributed by atoms with van der Waals surface area (Å²) in [6.45, 7) is 9.43. The van der Waals surface area contributed by atoms with Crippen molar-refractivity contribution in [3.63, 3.8) is 0 Å². The van der Waals surface area contributed by atoms with Gasteiger partial charge in [-0.25, -0.2) is 0 Å². The topological polar surface area (TPSA) is 110 Å². The van der Waals surface area contributed by atoms with Gasteiger partial charge in [-0.15, -0.1) is 0 Å². The molecule has 14 atom stereocenters. The second-order valence-electron chi connectivity index (χ2n) is 15.0. The van der Waals surface area contributed by atoms with E-state index in [1.807, 2.05) is 0 Å². The van der Waals surface area contributed by atoms with E-state index < -0.39 is 30.5 Å². The van der Waals surface area contributed by atoms with Gasteiger partial charge < -0.3 is 30.3 Å². The third-order valence-electron chi connectivity index (χ3n) is 12.8. The highest BCUT2D eigenvalue weighted by Gasteiger charge is 2.59. The summed E-state index contributed by atoms with van der Waals surface area (Å²) < 4.78 is 5.74. The van der Waals surface area contributed by atoms with E-state index in [0.29, 0.717) is 29.1 Å². The molecule has 3 saturated carbocycles. The molecule has 1 heterocycles. The molecule has 1 aliphatic heterocycles. The quantitative estimate of drug-likeness (QED) is 0.284. The van der Waals surface area contributed by atoms with Gasteiger partial charge >= 0.3 is 0 Å². The van der Waals surface area contributed by atoms with Crippen LogP contribution in [0.5, 0.6) is 0 Å². The Labute approximate surface area is 236 Å². The molecule has 4 fully saturated rings. The molecule has 224 valence electrons. The van der Waals surface area contributed by atoms with Crippen LogP contribution >= 0.6 is 0 Å². The lowest BCUT2D eigenvalue weighted by atomic mass is 9.47. The van der Waals surface area contributed by atoms with E-state index in [2.05, 4.69) is 33.8 Å². The molecule has 0 aromatic rings. The van der Waals surface area contributed by atoms with Crippen molar-refractivity contribution in [3.05, 3.63) is 11.6 Å². The molecule has 0 bridgehead atoms. The van der Waals surface area contributed by atoms with Gasteiger partial charge in [-0.3, -0.25) is 0 Å². The van der Waals surface area contributed by atoms with Crippen LogP contribution < -0.4 is 0 Å². The summed E-state index contributed by atoms with van der Waals surface area (Å²) in [5, 5.41) is 50.4. The van der Waals surface area contributed by atoms with Crippen molar-refractivity contribution in [1.82, 2.24) is 0 Å². The van der Waals surface area contributed by atoms with E-state index in [-0.39, 0.29) is 12.7 Å². The van der Waals surface area contributed by atoms with Crippen molar-refractivity contribution in [2.24, 2.45) is 46.3 Å². The first-order chi connectivity index (χ1) is 18.5. The van der Waals surface area contributed by atoms with E-state index >= 15 is 0 Å². The van der Waals surface area contributed by atoms with Crippen molar-refractivity contribution < 1.29 is 30.3 Å². The second-order valence-corrected chi connectivity index (χ2v) is 15.0. The van der Waals surface area contributed by atoms with Crippen molar-refractivity contribution in [2.75, 3.05) is 6.61 Å². The van der Waals surface area contributed by atoms with E-state index in [4.69, 9.17) is 4.74 Å². The van der Waals surface area contributed by atoms with Crippen LogP contribution in [0, 0.1) is 46.3 Å². The Morgan fingerprint density at radius 2 is 1.64 bits per heavy atom. The molecule has 4 aliphatic carbocycles. The number of ether oxygens (including phenoxy) is 1. The molecule has 0 spiro atoms. The fraction of sp³-hybridized carbons (Fsp3) is 0.939. The Kier molecular flexibility index (Phi) is 8.95.